The molecule has 2 aromatic carbocycles. The number of ether oxygens (including phenoxy) is 1. The molecular weight excluding hydrogens is 362 g/mol. The second kappa shape index (κ2) is 8.87. The summed E-state index contributed by atoms with van der Waals surface area (Å²) in [6, 6.07) is 12.7. The number of anilines is 1. The van der Waals surface area contributed by atoms with Crippen LogP contribution in [0.3, 0.4) is 0 Å². The van der Waals surface area contributed by atoms with Crippen LogP contribution >= 0.6 is 11.6 Å². The van der Waals surface area contributed by atoms with Crippen molar-refractivity contribution in [2.45, 2.75) is 33.1 Å². The Balaban J connectivity index is 2.03. The summed E-state index contributed by atoms with van der Waals surface area (Å²) >= 11 is 6.15. The number of carbonyl (C=O) groups excluding carboxylic acids is 2. The third-order valence-electron chi connectivity index (χ3n) is 3.94. The Labute approximate surface area is 165 Å². The predicted octanol–water partition coefficient (Wildman–Crippen LogP) is 5.47. The Morgan fingerprint density at radius 2 is 1.78 bits per heavy atom. The van der Waals surface area contributed by atoms with Crippen molar-refractivity contribution in [2.24, 2.45) is 0 Å². The van der Waals surface area contributed by atoms with E-state index in [9.17, 15) is 9.59 Å². The van der Waals surface area contributed by atoms with Crippen molar-refractivity contribution in [3.63, 3.8) is 0 Å². The fraction of sp³-hybridized carbons (Fsp3) is 0.273. The van der Waals surface area contributed by atoms with Gasteiger partial charge in [0.1, 0.15) is 0 Å². The zero-order valence-electron chi connectivity index (χ0n) is 16.0. The summed E-state index contributed by atoms with van der Waals surface area (Å²) in [4.78, 5) is 23.8. The number of nitrogens with one attached hydrogen (secondary N) is 1. The van der Waals surface area contributed by atoms with Crippen molar-refractivity contribution < 1.29 is 14.3 Å². The van der Waals surface area contributed by atoms with Gasteiger partial charge in [0.2, 0.25) is 5.91 Å². The van der Waals surface area contributed by atoms with E-state index in [0.29, 0.717) is 11.3 Å². The highest BCUT2D eigenvalue weighted by Crippen LogP contribution is 2.24. The second-order valence-electron chi connectivity index (χ2n) is 7.11. The van der Waals surface area contributed by atoms with Gasteiger partial charge in [0.15, 0.2) is 0 Å². The van der Waals surface area contributed by atoms with E-state index >= 15 is 0 Å². The van der Waals surface area contributed by atoms with Gasteiger partial charge in [-0.3, -0.25) is 4.79 Å². The zero-order valence-corrected chi connectivity index (χ0v) is 16.8. The summed E-state index contributed by atoms with van der Waals surface area (Å²) in [5, 5.41) is 2.98. The van der Waals surface area contributed by atoms with Gasteiger partial charge >= 0.3 is 5.97 Å². The summed E-state index contributed by atoms with van der Waals surface area (Å²) in [6.45, 7) is 8.49. The van der Waals surface area contributed by atoms with Crippen LogP contribution in [0, 0.1) is 0 Å². The Hall–Kier alpha value is -2.59. The van der Waals surface area contributed by atoms with E-state index in [1.54, 1.807) is 25.1 Å². The molecule has 0 aliphatic heterocycles. The van der Waals surface area contributed by atoms with Gasteiger partial charge in [-0.15, -0.1) is 0 Å². The fourth-order valence-electron chi connectivity index (χ4n) is 2.40. The van der Waals surface area contributed by atoms with Crippen molar-refractivity contribution in [1.29, 1.82) is 0 Å². The largest absolute Gasteiger partial charge is 0.462 e. The maximum atomic E-state index is 12.1. The number of halogens is 1. The Bertz CT molecular complexity index is 849. The van der Waals surface area contributed by atoms with Gasteiger partial charge < -0.3 is 10.1 Å². The molecule has 0 spiro atoms. The number of benzene rings is 2. The number of hydrogen-bond donors (Lipinski definition) is 1. The molecule has 1 amide bonds. The van der Waals surface area contributed by atoms with Gasteiger partial charge in [-0.05, 0) is 47.7 Å². The van der Waals surface area contributed by atoms with Gasteiger partial charge in [0.25, 0.3) is 0 Å². The lowest BCUT2D eigenvalue weighted by atomic mass is 9.87. The standard InChI is InChI=1S/C22H24ClNO3/c1-5-27-21(26)16-9-12-19(18(23)14-16)24-20(25)13-8-15-6-10-17(11-7-15)22(2,3)4/h6-14H,5H2,1-4H3,(H,24,25)/b13-8+. The van der Waals surface area contributed by atoms with Gasteiger partial charge in [-0.1, -0.05) is 56.6 Å². The van der Waals surface area contributed by atoms with E-state index in [0.717, 1.165) is 5.56 Å². The first-order valence-electron chi connectivity index (χ1n) is 8.77. The molecule has 5 heteroatoms. The number of hydrogen-bond acceptors (Lipinski definition) is 3. The van der Waals surface area contributed by atoms with Crippen LogP contribution in [0.2, 0.25) is 5.02 Å². The van der Waals surface area contributed by atoms with E-state index < -0.39 is 5.97 Å². The van der Waals surface area contributed by atoms with Crippen LogP contribution in [0.4, 0.5) is 5.69 Å². The molecule has 0 aromatic heterocycles. The molecule has 0 saturated carbocycles. The van der Waals surface area contributed by atoms with Crippen LogP contribution in [0.15, 0.2) is 48.5 Å². The molecule has 0 aliphatic rings. The highest BCUT2D eigenvalue weighted by molar-refractivity contribution is 6.34. The summed E-state index contributed by atoms with van der Waals surface area (Å²) < 4.78 is 4.92. The van der Waals surface area contributed by atoms with Crippen molar-refractivity contribution in [3.05, 3.63) is 70.3 Å². The lowest BCUT2D eigenvalue weighted by molar-refractivity contribution is -0.111. The molecule has 0 radical (unpaired) electrons. The summed E-state index contributed by atoms with van der Waals surface area (Å²) in [7, 11) is 0. The molecule has 0 unspecified atom stereocenters. The van der Waals surface area contributed by atoms with Crippen molar-refractivity contribution in [3.8, 4) is 0 Å². The average molecular weight is 386 g/mol. The molecule has 0 bridgehead atoms. The molecule has 4 nitrogen and oxygen atoms in total. The molecule has 27 heavy (non-hydrogen) atoms. The van der Waals surface area contributed by atoms with Crippen molar-refractivity contribution in [2.75, 3.05) is 11.9 Å². The molecule has 0 atom stereocenters. The topological polar surface area (TPSA) is 55.4 Å². The third kappa shape index (κ3) is 5.97. The van der Waals surface area contributed by atoms with Crippen molar-refractivity contribution >= 4 is 35.2 Å². The van der Waals surface area contributed by atoms with E-state index in [-0.39, 0.29) is 23.0 Å². The normalized spacial score (nSPS) is 11.4. The predicted molar refractivity (Wildman–Crippen MR) is 110 cm³/mol. The first-order chi connectivity index (χ1) is 12.7. The minimum Gasteiger partial charge on any atom is -0.462 e. The Morgan fingerprint density at radius 1 is 1.11 bits per heavy atom. The minimum atomic E-state index is -0.448. The monoisotopic (exact) mass is 385 g/mol. The quantitative estimate of drug-likeness (QED) is 0.548. The molecule has 0 fully saturated rings. The second-order valence-corrected chi connectivity index (χ2v) is 7.52. The van der Waals surface area contributed by atoms with Gasteiger partial charge in [-0.25, -0.2) is 4.79 Å². The Kier molecular flexibility index (Phi) is 6.81. The van der Waals surface area contributed by atoms with E-state index in [2.05, 4.69) is 38.2 Å². The molecular formula is C22H24ClNO3. The zero-order chi connectivity index (χ0) is 20.0. The first-order valence-corrected chi connectivity index (χ1v) is 9.15. The fourth-order valence-corrected chi connectivity index (χ4v) is 2.63. The van der Waals surface area contributed by atoms with Crippen LogP contribution in [-0.4, -0.2) is 18.5 Å². The molecule has 2 rings (SSSR count). The summed E-state index contributed by atoms with van der Waals surface area (Å²) in [6.07, 6.45) is 3.18. The maximum absolute atomic E-state index is 12.1. The lowest BCUT2D eigenvalue weighted by Crippen LogP contribution is -2.10. The van der Waals surface area contributed by atoms with Crippen LogP contribution < -0.4 is 5.32 Å². The number of amides is 1. The van der Waals surface area contributed by atoms with Crippen LogP contribution in [0.25, 0.3) is 6.08 Å². The van der Waals surface area contributed by atoms with Gasteiger partial charge in [0, 0.05) is 6.08 Å². The van der Waals surface area contributed by atoms with Crippen LogP contribution in [-0.2, 0) is 14.9 Å². The molecule has 0 aliphatic carbocycles. The summed E-state index contributed by atoms with van der Waals surface area (Å²) in [5.74, 6) is -0.753. The molecule has 0 heterocycles. The smallest absolute Gasteiger partial charge is 0.338 e. The van der Waals surface area contributed by atoms with Gasteiger partial charge in [-0.2, -0.15) is 0 Å². The number of rotatable bonds is 5. The molecule has 142 valence electrons. The molecule has 2 aromatic rings. The Morgan fingerprint density at radius 3 is 2.33 bits per heavy atom. The van der Waals surface area contributed by atoms with E-state index in [1.807, 2.05) is 12.1 Å². The lowest BCUT2D eigenvalue weighted by Gasteiger charge is -2.18. The number of esters is 1. The SMILES string of the molecule is CCOC(=O)c1ccc(NC(=O)/C=C/c2ccc(C(C)(C)C)cc2)c(Cl)c1. The molecule has 0 saturated heterocycles. The number of carbonyl (C=O) groups is 2. The third-order valence-corrected chi connectivity index (χ3v) is 4.25. The van der Waals surface area contributed by atoms with Crippen LogP contribution in [0.5, 0.6) is 0 Å². The van der Waals surface area contributed by atoms with E-state index in [1.165, 1.54) is 17.7 Å². The summed E-state index contributed by atoms with van der Waals surface area (Å²) in [5.41, 5.74) is 3.03. The van der Waals surface area contributed by atoms with Gasteiger partial charge in [0.05, 0.1) is 22.9 Å². The first kappa shape index (κ1) is 20.7. The highest BCUT2D eigenvalue weighted by Gasteiger charge is 2.13. The van der Waals surface area contributed by atoms with Crippen LogP contribution in [0.1, 0.15) is 49.2 Å². The van der Waals surface area contributed by atoms with E-state index in [4.69, 9.17) is 16.3 Å². The highest BCUT2D eigenvalue weighted by atomic mass is 35.5. The molecule has 1 N–H and O–H groups in total. The van der Waals surface area contributed by atoms with Crippen molar-refractivity contribution in [1.82, 2.24) is 0 Å². The maximum Gasteiger partial charge on any atom is 0.338 e. The average Bonchev–Trinajstić information content (AvgIpc) is 2.61. The minimum absolute atomic E-state index is 0.0894.